The third kappa shape index (κ3) is 4.89. The number of esters is 1. The van der Waals surface area contributed by atoms with Crippen LogP contribution in [0.1, 0.15) is 18.9 Å². The van der Waals surface area contributed by atoms with Gasteiger partial charge in [0.1, 0.15) is 0 Å². The first kappa shape index (κ1) is 21.1. The van der Waals surface area contributed by atoms with E-state index in [9.17, 15) is 14.4 Å². The second-order valence-electron chi connectivity index (χ2n) is 6.64. The van der Waals surface area contributed by atoms with Crippen molar-refractivity contribution in [3.05, 3.63) is 58.1 Å². The van der Waals surface area contributed by atoms with Crippen LogP contribution >= 0.6 is 23.2 Å². The van der Waals surface area contributed by atoms with Crippen LogP contribution in [-0.4, -0.2) is 30.9 Å². The Morgan fingerprint density at radius 2 is 1.93 bits per heavy atom. The highest BCUT2D eigenvalue weighted by Gasteiger charge is 2.37. The van der Waals surface area contributed by atoms with Crippen LogP contribution in [0.4, 0.5) is 11.4 Å². The average Bonchev–Trinajstić information content (AvgIpc) is 3.11. The number of hydrogen-bond acceptors (Lipinski definition) is 4. The number of amides is 2. The van der Waals surface area contributed by atoms with Crippen LogP contribution in [0.5, 0.6) is 0 Å². The second-order valence-corrected chi connectivity index (χ2v) is 7.43. The number of carbonyl (C=O) groups is 3. The minimum absolute atomic E-state index is 0.0542. The molecule has 2 aromatic rings. The zero-order valence-electron chi connectivity index (χ0n) is 15.8. The molecule has 1 N–H and O–H groups in total. The number of hydrogen-bond donors (Lipinski definition) is 1. The normalized spacial score (nSPS) is 16.0. The first-order chi connectivity index (χ1) is 13.9. The number of anilines is 2. The fourth-order valence-electron chi connectivity index (χ4n) is 3.21. The van der Waals surface area contributed by atoms with Crippen LogP contribution in [0.15, 0.2) is 42.5 Å². The van der Waals surface area contributed by atoms with Crippen molar-refractivity contribution in [2.45, 2.75) is 19.8 Å². The van der Waals surface area contributed by atoms with Crippen molar-refractivity contribution in [2.24, 2.45) is 5.92 Å². The number of rotatable bonds is 6. The number of benzene rings is 2. The lowest BCUT2D eigenvalue weighted by atomic mass is 10.1. The summed E-state index contributed by atoms with van der Waals surface area (Å²) in [6.45, 7) is 1.77. The van der Waals surface area contributed by atoms with Crippen LogP contribution in [0.3, 0.4) is 0 Å². The molecule has 1 atom stereocenters. The first-order valence-corrected chi connectivity index (χ1v) is 9.95. The average molecular weight is 435 g/mol. The second kappa shape index (κ2) is 9.29. The molecule has 0 radical (unpaired) electrons. The van der Waals surface area contributed by atoms with Gasteiger partial charge in [-0.2, -0.15) is 0 Å². The molecule has 6 nitrogen and oxygen atoms in total. The molecule has 1 heterocycles. The van der Waals surface area contributed by atoms with Gasteiger partial charge >= 0.3 is 5.97 Å². The monoisotopic (exact) mass is 434 g/mol. The van der Waals surface area contributed by atoms with Gasteiger partial charge in [0.05, 0.1) is 21.7 Å². The maximum absolute atomic E-state index is 12.4. The Balaban J connectivity index is 1.57. The van der Waals surface area contributed by atoms with Gasteiger partial charge in [0.2, 0.25) is 5.91 Å². The molecule has 0 saturated carbocycles. The van der Waals surface area contributed by atoms with Crippen molar-refractivity contribution in [1.29, 1.82) is 0 Å². The predicted octanol–water partition coefficient (Wildman–Crippen LogP) is 4.09. The van der Waals surface area contributed by atoms with E-state index in [0.29, 0.717) is 10.7 Å². The number of para-hydroxylation sites is 1. The van der Waals surface area contributed by atoms with Crippen LogP contribution in [0, 0.1) is 5.92 Å². The number of carbonyl (C=O) groups excluding carboxylic acids is 3. The summed E-state index contributed by atoms with van der Waals surface area (Å²) in [4.78, 5) is 38.5. The molecule has 2 amide bonds. The Kier molecular flexibility index (Phi) is 6.77. The van der Waals surface area contributed by atoms with Gasteiger partial charge < -0.3 is 15.0 Å². The quantitative estimate of drug-likeness (QED) is 0.694. The Bertz CT molecular complexity index is 948. The van der Waals surface area contributed by atoms with Crippen molar-refractivity contribution in [3.8, 4) is 0 Å². The molecule has 0 bridgehead atoms. The van der Waals surface area contributed by atoms with Gasteiger partial charge in [0, 0.05) is 18.7 Å². The Hall–Kier alpha value is -2.57. The molecular weight excluding hydrogens is 415 g/mol. The summed E-state index contributed by atoms with van der Waals surface area (Å²) in [6, 6.07) is 12.4. The summed E-state index contributed by atoms with van der Waals surface area (Å²) in [5, 5.41) is 3.06. The summed E-state index contributed by atoms with van der Waals surface area (Å²) in [6.07, 6.45) is 0.833. The van der Waals surface area contributed by atoms with Gasteiger partial charge in [-0.1, -0.05) is 54.4 Å². The molecule has 3 rings (SSSR count). The van der Waals surface area contributed by atoms with Crippen molar-refractivity contribution < 1.29 is 19.1 Å². The first-order valence-electron chi connectivity index (χ1n) is 9.19. The number of halogens is 2. The number of ether oxygens (including phenoxy) is 1. The van der Waals surface area contributed by atoms with Crippen molar-refractivity contribution in [1.82, 2.24) is 0 Å². The van der Waals surface area contributed by atoms with E-state index in [4.69, 9.17) is 27.9 Å². The van der Waals surface area contributed by atoms with Gasteiger partial charge in [-0.15, -0.1) is 0 Å². The van der Waals surface area contributed by atoms with E-state index < -0.39 is 24.4 Å². The Morgan fingerprint density at radius 3 is 2.69 bits per heavy atom. The van der Waals surface area contributed by atoms with E-state index in [0.717, 1.165) is 17.7 Å². The molecule has 152 valence electrons. The van der Waals surface area contributed by atoms with Crippen molar-refractivity contribution in [3.63, 3.8) is 0 Å². The fourth-order valence-corrected chi connectivity index (χ4v) is 3.56. The molecule has 8 heteroatoms. The van der Waals surface area contributed by atoms with Crippen LogP contribution < -0.4 is 10.2 Å². The maximum atomic E-state index is 12.4. The van der Waals surface area contributed by atoms with Gasteiger partial charge in [-0.3, -0.25) is 14.4 Å². The zero-order valence-corrected chi connectivity index (χ0v) is 17.3. The molecule has 0 unspecified atom stereocenters. The van der Waals surface area contributed by atoms with E-state index in [1.807, 2.05) is 31.2 Å². The lowest BCUT2D eigenvalue weighted by Crippen LogP contribution is -2.28. The fraction of sp³-hybridized carbons (Fsp3) is 0.286. The molecule has 1 fully saturated rings. The van der Waals surface area contributed by atoms with Gasteiger partial charge in [-0.25, -0.2) is 0 Å². The maximum Gasteiger partial charge on any atom is 0.311 e. The highest BCUT2D eigenvalue weighted by molar-refractivity contribution is 6.44. The van der Waals surface area contributed by atoms with Crippen LogP contribution in [-0.2, 0) is 25.5 Å². The molecule has 0 aromatic heterocycles. The van der Waals surface area contributed by atoms with Crippen LogP contribution in [0.2, 0.25) is 10.0 Å². The van der Waals surface area contributed by atoms with Crippen LogP contribution in [0.25, 0.3) is 0 Å². The molecule has 0 spiro atoms. The van der Waals surface area contributed by atoms with E-state index in [1.54, 1.807) is 23.1 Å². The zero-order chi connectivity index (χ0) is 21.0. The van der Waals surface area contributed by atoms with E-state index in [1.165, 1.54) is 0 Å². The number of nitrogens with zero attached hydrogens (tertiary/aromatic N) is 1. The summed E-state index contributed by atoms with van der Waals surface area (Å²) in [5.74, 6) is -1.87. The SMILES string of the molecule is CCc1ccccc1N1C[C@H](C(=O)OCC(=O)Nc2cccc(Cl)c2Cl)CC1=O. The van der Waals surface area contributed by atoms with Gasteiger partial charge in [0.15, 0.2) is 6.61 Å². The third-order valence-electron chi connectivity index (χ3n) is 4.69. The number of nitrogens with one attached hydrogen (secondary N) is 1. The minimum Gasteiger partial charge on any atom is -0.455 e. The summed E-state index contributed by atoms with van der Waals surface area (Å²) in [7, 11) is 0. The highest BCUT2D eigenvalue weighted by atomic mass is 35.5. The summed E-state index contributed by atoms with van der Waals surface area (Å²) < 4.78 is 5.11. The Morgan fingerprint density at radius 1 is 1.17 bits per heavy atom. The molecular formula is C21H20Cl2N2O4. The van der Waals surface area contributed by atoms with Crippen molar-refractivity contribution >= 4 is 52.4 Å². The Labute approximate surface area is 178 Å². The van der Waals surface area contributed by atoms with E-state index in [2.05, 4.69) is 5.32 Å². The van der Waals surface area contributed by atoms with Gasteiger partial charge in [-0.05, 0) is 30.2 Å². The summed E-state index contributed by atoms with van der Waals surface area (Å²) >= 11 is 11.9. The molecule has 29 heavy (non-hydrogen) atoms. The molecule has 1 aliphatic heterocycles. The lowest BCUT2D eigenvalue weighted by Gasteiger charge is -2.19. The lowest BCUT2D eigenvalue weighted by molar-refractivity contribution is -0.151. The minimum atomic E-state index is -0.616. The summed E-state index contributed by atoms with van der Waals surface area (Å²) in [5.41, 5.74) is 2.18. The smallest absolute Gasteiger partial charge is 0.311 e. The highest BCUT2D eigenvalue weighted by Crippen LogP contribution is 2.30. The topological polar surface area (TPSA) is 75.7 Å². The number of aryl methyl sites for hydroxylation is 1. The van der Waals surface area contributed by atoms with Gasteiger partial charge in [0.25, 0.3) is 5.91 Å². The van der Waals surface area contributed by atoms with Crippen molar-refractivity contribution in [2.75, 3.05) is 23.4 Å². The largest absolute Gasteiger partial charge is 0.455 e. The molecule has 0 aliphatic carbocycles. The predicted molar refractivity (Wildman–Crippen MR) is 112 cm³/mol. The third-order valence-corrected chi connectivity index (χ3v) is 5.51. The van der Waals surface area contributed by atoms with E-state index in [-0.39, 0.29) is 23.9 Å². The molecule has 2 aromatic carbocycles. The standard InChI is InChI=1S/C21H20Cl2N2O4/c1-2-13-6-3-4-9-17(13)25-11-14(10-19(25)27)21(28)29-12-18(26)24-16-8-5-7-15(22)20(16)23/h3-9,14H,2,10-12H2,1H3,(H,24,26)/t14-/m1/s1. The molecule has 1 saturated heterocycles. The molecule has 1 aliphatic rings. The van der Waals surface area contributed by atoms with E-state index >= 15 is 0 Å².